The molecule has 1 saturated heterocycles. The van der Waals surface area contributed by atoms with Gasteiger partial charge in [-0.1, -0.05) is 18.2 Å². The molecular formula is C24H21F3N4O2. The van der Waals surface area contributed by atoms with Crippen molar-refractivity contribution in [1.29, 1.82) is 0 Å². The topological polar surface area (TPSA) is 74.3 Å². The molecule has 9 heteroatoms. The predicted molar refractivity (Wildman–Crippen MR) is 119 cm³/mol. The average molecular weight is 454 g/mol. The number of para-hydroxylation sites is 1. The Morgan fingerprint density at radius 1 is 1.06 bits per heavy atom. The summed E-state index contributed by atoms with van der Waals surface area (Å²) in [7, 11) is 0. The largest absolute Gasteiger partial charge is 0.416 e. The maximum absolute atomic E-state index is 13.0. The normalized spacial score (nSPS) is 13.8. The first kappa shape index (κ1) is 22.3. The Hall–Kier alpha value is -3.88. The molecule has 1 aromatic heterocycles. The fourth-order valence-corrected chi connectivity index (χ4v) is 3.61. The van der Waals surface area contributed by atoms with Crippen LogP contribution in [0.25, 0.3) is 0 Å². The molecule has 33 heavy (non-hydrogen) atoms. The van der Waals surface area contributed by atoms with Crippen molar-refractivity contribution in [3.05, 3.63) is 83.6 Å². The number of carbonyl (C=O) groups excluding carboxylic acids is 2. The maximum atomic E-state index is 13.0. The van der Waals surface area contributed by atoms with E-state index in [-0.39, 0.29) is 11.6 Å². The molecule has 6 nitrogen and oxygen atoms in total. The zero-order chi connectivity index (χ0) is 23.4. The molecule has 1 aliphatic heterocycles. The summed E-state index contributed by atoms with van der Waals surface area (Å²) in [5.41, 5.74) is 0.902. The van der Waals surface area contributed by atoms with Gasteiger partial charge < -0.3 is 10.6 Å². The molecule has 170 valence electrons. The molecule has 3 aromatic rings. The quantitative estimate of drug-likeness (QED) is 0.544. The van der Waals surface area contributed by atoms with Gasteiger partial charge in [-0.25, -0.2) is 4.98 Å². The van der Waals surface area contributed by atoms with Crippen LogP contribution < -0.4 is 15.5 Å². The summed E-state index contributed by atoms with van der Waals surface area (Å²) in [5.74, 6) is 0.104. The third kappa shape index (κ3) is 5.31. The molecule has 2 aromatic carbocycles. The monoisotopic (exact) mass is 454 g/mol. The number of anilines is 3. The van der Waals surface area contributed by atoms with Crippen LogP contribution in [0.15, 0.2) is 66.9 Å². The highest BCUT2D eigenvalue weighted by molar-refractivity contribution is 6.08. The lowest BCUT2D eigenvalue weighted by Gasteiger charge is -2.16. The Labute approximate surface area is 188 Å². The number of hydrogen-bond acceptors (Lipinski definition) is 4. The number of amides is 2. The first-order valence-electron chi connectivity index (χ1n) is 10.4. The van der Waals surface area contributed by atoms with Crippen LogP contribution in [0, 0.1) is 0 Å². The van der Waals surface area contributed by atoms with E-state index in [4.69, 9.17) is 0 Å². The molecule has 1 fully saturated rings. The minimum atomic E-state index is -4.50. The van der Waals surface area contributed by atoms with Gasteiger partial charge in [0, 0.05) is 37.1 Å². The number of pyridine rings is 1. The zero-order valence-corrected chi connectivity index (χ0v) is 17.5. The molecule has 4 rings (SSSR count). The van der Waals surface area contributed by atoms with E-state index in [1.165, 1.54) is 12.1 Å². The minimum absolute atomic E-state index is 0.0456. The first-order valence-corrected chi connectivity index (χ1v) is 10.4. The second kappa shape index (κ2) is 9.32. The smallest absolute Gasteiger partial charge is 0.380 e. The van der Waals surface area contributed by atoms with Crippen molar-refractivity contribution < 1.29 is 22.8 Å². The van der Waals surface area contributed by atoms with Crippen molar-refractivity contribution in [3.8, 4) is 0 Å². The molecule has 0 aliphatic carbocycles. The number of halogens is 3. The lowest BCUT2D eigenvalue weighted by molar-refractivity contribution is -0.137. The van der Waals surface area contributed by atoms with Crippen LogP contribution in [-0.4, -0.2) is 23.3 Å². The van der Waals surface area contributed by atoms with E-state index >= 15 is 0 Å². The summed E-state index contributed by atoms with van der Waals surface area (Å²) in [4.78, 5) is 30.7. The lowest BCUT2D eigenvalue weighted by atomic mass is 10.1. The number of aromatic nitrogens is 1. The summed E-state index contributed by atoms with van der Waals surface area (Å²) < 4.78 is 38.9. The van der Waals surface area contributed by atoms with E-state index in [2.05, 4.69) is 15.6 Å². The van der Waals surface area contributed by atoms with E-state index in [0.717, 1.165) is 24.1 Å². The van der Waals surface area contributed by atoms with Gasteiger partial charge in [-0.15, -0.1) is 0 Å². The van der Waals surface area contributed by atoms with Crippen molar-refractivity contribution in [2.24, 2.45) is 0 Å². The Bertz CT molecular complexity index is 1180. The summed E-state index contributed by atoms with van der Waals surface area (Å²) in [6.07, 6.45) is -1.55. The SMILES string of the molecule is O=C(Nc1cccc(C(F)(F)F)c1)c1ccccc1NCc1ccnc(N2CCCC2=O)c1. The van der Waals surface area contributed by atoms with Crippen molar-refractivity contribution in [1.82, 2.24) is 4.98 Å². The predicted octanol–water partition coefficient (Wildman–Crippen LogP) is 5.09. The molecule has 2 N–H and O–H groups in total. The number of rotatable bonds is 6. The molecule has 0 spiro atoms. The van der Waals surface area contributed by atoms with E-state index < -0.39 is 17.6 Å². The van der Waals surface area contributed by atoms with Gasteiger partial charge in [0.1, 0.15) is 5.82 Å². The van der Waals surface area contributed by atoms with Gasteiger partial charge in [0.15, 0.2) is 0 Å². The summed E-state index contributed by atoms with van der Waals surface area (Å²) >= 11 is 0. The van der Waals surface area contributed by atoms with Crippen molar-refractivity contribution in [2.75, 3.05) is 22.1 Å². The van der Waals surface area contributed by atoms with Crippen molar-refractivity contribution in [2.45, 2.75) is 25.6 Å². The maximum Gasteiger partial charge on any atom is 0.416 e. The van der Waals surface area contributed by atoms with Crippen LogP contribution in [0.2, 0.25) is 0 Å². The molecule has 0 saturated carbocycles. The molecule has 0 atom stereocenters. The third-order valence-electron chi connectivity index (χ3n) is 5.26. The van der Waals surface area contributed by atoms with Crippen LogP contribution in [-0.2, 0) is 17.5 Å². The molecule has 0 bridgehead atoms. The van der Waals surface area contributed by atoms with Gasteiger partial charge in [0.05, 0.1) is 11.1 Å². The Kier molecular flexibility index (Phi) is 6.30. The number of carbonyl (C=O) groups is 2. The van der Waals surface area contributed by atoms with Crippen LogP contribution in [0.1, 0.15) is 34.3 Å². The second-order valence-corrected chi connectivity index (χ2v) is 7.60. The average Bonchev–Trinajstić information content (AvgIpc) is 3.23. The van der Waals surface area contributed by atoms with Gasteiger partial charge in [-0.05, 0) is 54.4 Å². The standard InChI is InChI=1S/C24H21F3N4O2/c25-24(26,27)17-5-3-6-18(14-17)30-23(33)19-7-1-2-8-20(19)29-15-16-10-11-28-21(13-16)31-12-4-9-22(31)32/h1-3,5-8,10-11,13-14,29H,4,9,12,15H2,(H,30,33). The second-order valence-electron chi connectivity index (χ2n) is 7.60. The van der Waals surface area contributed by atoms with Crippen LogP contribution in [0.5, 0.6) is 0 Å². The third-order valence-corrected chi connectivity index (χ3v) is 5.26. The fraction of sp³-hybridized carbons (Fsp3) is 0.208. The first-order chi connectivity index (χ1) is 15.8. The van der Waals surface area contributed by atoms with Crippen molar-refractivity contribution >= 4 is 29.0 Å². The number of alkyl halides is 3. The molecule has 0 radical (unpaired) electrons. The highest BCUT2D eigenvalue weighted by Gasteiger charge is 2.30. The highest BCUT2D eigenvalue weighted by Crippen LogP contribution is 2.31. The summed E-state index contributed by atoms with van der Waals surface area (Å²) in [5, 5.41) is 5.72. The van der Waals surface area contributed by atoms with Crippen LogP contribution in [0.3, 0.4) is 0 Å². The highest BCUT2D eigenvalue weighted by atomic mass is 19.4. The lowest BCUT2D eigenvalue weighted by Crippen LogP contribution is -2.24. The van der Waals surface area contributed by atoms with E-state index in [0.29, 0.717) is 36.6 Å². The van der Waals surface area contributed by atoms with E-state index in [1.54, 1.807) is 35.4 Å². The minimum Gasteiger partial charge on any atom is -0.380 e. The van der Waals surface area contributed by atoms with Crippen LogP contribution >= 0.6 is 0 Å². The number of hydrogen-bond donors (Lipinski definition) is 2. The molecule has 1 aliphatic rings. The molecule has 0 unspecified atom stereocenters. The molecule has 2 heterocycles. The number of nitrogens with one attached hydrogen (secondary N) is 2. The fourth-order valence-electron chi connectivity index (χ4n) is 3.61. The van der Waals surface area contributed by atoms with Gasteiger partial charge in [0.25, 0.3) is 5.91 Å². The van der Waals surface area contributed by atoms with Gasteiger partial charge in [-0.2, -0.15) is 13.2 Å². The Morgan fingerprint density at radius 3 is 2.64 bits per heavy atom. The van der Waals surface area contributed by atoms with E-state index in [1.807, 2.05) is 12.1 Å². The molecular weight excluding hydrogens is 433 g/mol. The van der Waals surface area contributed by atoms with Gasteiger partial charge in [-0.3, -0.25) is 14.5 Å². The van der Waals surface area contributed by atoms with Gasteiger partial charge in [0.2, 0.25) is 5.91 Å². The van der Waals surface area contributed by atoms with Crippen LogP contribution in [0.4, 0.5) is 30.4 Å². The van der Waals surface area contributed by atoms with Gasteiger partial charge >= 0.3 is 6.18 Å². The number of nitrogens with zero attached hydrogens (tertiary/aromatic N) is 2. The van der Waals surface area contributed by atoms with Crippen molar-refractivity contribution in [3.63, 3.8) is 0 Å². The Morgan fingerprint density at radius 2 is 1.88 bits per heavy atom. The number of benzene rings is 2. The molecule has 2 amide bonds. The van der Waals surface area contributed by atoms with E-state index in [9.17, 15) is 22.8 Å². The summed E-state index contributed by atoms with van der Waals surface area (Å²) in [6.45, 7) is 1.01. The summed E-state index contributed by atoms with van der Waals surface area (Å²) in [6, 6.07) is 14.9. The zero-order valence-electron chi connectivity index (χ0n) is 17.5. The Balaban J connectivity index is 1.47.